The first-order valence-corrected chi connectivity index (χ1v) is 8.17. The number of amides is 2. The van der Waals surface area contributed by atoms with Crippen molar-refractivity contribution in [1.29, 1.82) is 0 Å². The van der Waals surface area contributed by atoms with Crippen molar-refractivity contribution < 1.29 is 9.59 Å². The summed E-state index contributed by atoms with van der Waals surface area (Å²) in [6, 6.07) is 0.135. The van der Waals surface area contributed by atoms with Crippen molar-refractivity contribution >= 4 is 11.8 Å². The van der Waals surface area contributed by atoms with Crippen LogP contribution in [-0.4, -0.2) is 48.4 Å². The molecule has 5 nitrogen and oxygen atoms in total. The number of carbonyl (C=O) groups is 2. The van der Waals surface area contributed by atoms with Crippen molar-refractivity contribution in [1.82, 2.24) is 15.5 Å². The summed E-state index contributed by atoms with van der Waals surface area (Å²) in [4.78, 5) is 26.5. The van der Waals surface area contributed by atoms with Crippen LogP contribution in [0.1, 0.15) is 52.9 Å². The fraction of sp³-hybridized carbons (Fsp3) is 0.875. The van der Waals surface area contributed by atoms with Gasteiger partial charge in [0.05, 0.1) is 0 Å². The second kappa shape index (κ2) is 6.77. The van der Waals surface area contributed by atoms with E-state index in [1.165, 1.54) is 6.42 Å². The largest absolute Gasteiger partial charge is 0.353 e. The van der Waals surface area contributed by atoms with Gasteiger partial charge in [0.2, 0.25) is 11.8 Å². The highest BCUT2D eigenvalue weighted by Gasteiger charge is 2.35. The van der Waals surface area contributed by atoms with Crippen molar-refractivity contribution in [2.24, 2.45) is 5.41 Å². The summed E-state index contributed by atoms with van der Waals surface area (Å²) in [6.45, 7) is 8.61. The van der Waals surface area contributed by atoms with Crippen LogP contribution in [0.25, 0.3) is 0 Å². The number of carbonyl (C=O) groups excluding carboxylic acids is 2. The third-order valence-corrected chi connectivity index (χ3v) is 4.24. The highest BCUT2D eigenvalue weighted by atomic mass is 16.2. The first kappa shape index (κ1) is 16.3. The SMILES string of the molecule is CC(C)(C)CC(=O)N1CCCC1C(=O)NCC1CCCN1. The van der Waals surface area contributed by atoms with E-state index in [4.69, 9.17) is 0 Å². The quantitative estimate of drug-likeness (QED) is 0.821. The minimum atomic E-state index is -0.263. The Labute approximate surface area is 127 Å². The molecule has 2 N–H and O–H groups in total. The summed E-state index contributed by atoms with van der Waals surface area (Å²) in [5.41, 5.74) is -0.0333. The van der Waals surface area contributed by atoms with E-state index >= 15 is 0 Å². The van der Waals surface area contributed by atoms with E-state index < -0.39 is 0 Å². The average molecular weight is 295 g/mol. The summed E-state index contributed by atoms with van der Waals surface area (Å²) in [5, 5.41) is 6.39. The zero-order chi connectivity index (χ0) is 15.5. The standard InChI is InChI=1S/C16H29N3O2/c1-16(2,3)10-14(20)19-9-5-7-13(19)15(21)18-11-12-6-4-8-17-12/h12-13,17H,4-11H2,1-3H3,(H,18,21). The van der Waals surface area contributed by atoms with Crippen LogP contribution in [0.3, 0.4) is 0 Å². The lowest BCUT2D eigenvalue weighted by Gasteiger charge is -2.27. The zero-order valence-corrected chi connectivity index (χ0v) is 13.6. The smallest absolute Gasteiger partial charge is 0.242 e. The van der Waals surface area contributed by atoms with E-state index in [-0.39, 0.29) is 23.3 Å². The van der Waals surface area contributed by atoms with Gasteiger partial charge >= 0.3 is 0 Å². The monoisotopic (exact) mass is 295 g/mol. The summed E-state index contributed by atoms with van der Waals surface area (Å²) in [5.74, 6) is 0.127. The normalized spacial score (nSPS) is 26.1. The van der Waals surface area contributed by atoms with Crippen LogP contribution in [-0.2, 0) is 9.59 Å². The molecular weight excluding hydrogens is 266 g/mol. The van der Waals surface area contributed by atoms with Gasteiger partial charge in [0.15, 0.2) is 0 Å². The molecule has 5 heteroatoms. The third kappa shape index (κ3) is 4.70. The first-order valence-electron chi connectivity index (χ1n) is 8.17. The zero-order valence-electron chi connectivity index (χ0n) is 13.6. The molecule has 0 spiro atoms. The molecule has 0 aromatic rings. The van der Waals surface area contributed by atoms with Crippen LogP contribution >= 0.6 is 0 Å². The van der Waals surface area contributed by atoms with Gasteiger partial charge in [0, 0.05) is 25.6 Å². The fourth-order valence-corrected chi connectivity index (χ4v) is 3.17. The van der Waals surface area contributed by atoms with Gasteiger partial charge in [-0.3, -0.25) is 9.59 Å². The molecule has 2 fully saturated rings. The predicted octanol–water partition coefficient (Wildman–Crippen LogP) is 1.28. The minimum Gasteiger partial charge on any atom is -0.353 e. The fourth-order valence-electron chi connectivity index (χ4n) is 3.17. The van der Waals surface area contributed by atoms with Gasteiger partial charge in [-0.25, -0.2) is 0 Å². The molecule has 2 rings (SSSR count). The number of nitrogens with one attached hydrogen (secondary N) is 2. The lowest BCUT2D eigenvalue weighted by atomic mass is 9.91. The highest BCUT2D eigenvalue weighted by Crippen LogP contribution is 2.24. The van der Waals surface area contributed by atoms with Crippen LogP contribution in [0.2, 0.25) is 0 Å². The Kier molecular flexibility index (Phi) is 5.25. The predicted molar refractivity (Wildman–Crippen MR) is 82.8 cm³/mol. The van der Waals surface area contributed by atoms with E-state index in [0.717, 1.165) is 25.8 Å². The molecule has 0 aromatic carbocycles. The van der Waals surface area contributed by atoms with Gasteiger partial charge in [0.25, 0.3) is 0 Å². The Balaban J connectivity index is 1.85. The maximum atomic E-state index is 12.4. The van der Waals surface area contributed by atoms with Crippen molar-refractivity contribution in [2.75, 3.05) is 19.6 Å². The van der Waals surface area contributed by atoms with Crippen molar-refractivity contribution in [3.05, 3.63) is 0 Å². The van der Waals surface area contributed by atoms with Crippen LogP contribution in [0.5, 0.6) is 0 Å². The number of rotatable bonds is 4. The molecular formula is C16H29N3O2. The maximum absolute atomic E-state index is 12.4. The second-order valence-electron chi connectivity index (χ2n) is 7.52. The molecule has 2 amide bonds. The van der Waals surface area contributed by atoms with Gasteiger partial charge in [-0.2, -0.15) is 0 Å². The average Bonchev–Trinajstić information content (AvgIpc) is 3.05. The molecule has 2 saturated heterocycles. The second-order valence-corrected chi connectivity index (χ2v) is 7.52. The molecule has 120 valence electrons. The third-order valence-electron chi connectivity index (χ3n) is 4.24. The van der Waals surface area contributed by atoms with E-state index in [2.05, 4.69) is 31.4 Å². The lowest BCUT2D eigenvalue weighted by molar-refractivity contribution is -0.139. The summed E-state index contributed by atoms with van der Waals surface area (Å²) < 4.78 is 0. The van der Waals surface area contributed by atoms with Crippen LogP contribution in [0.4, 0.5) is 0 Å². The summed E-state index contributed by atoms with van der Waals surface area (Å²) in [7, 11) is 0. The first-order chi connectivity index (χ1) is 9.87. The van der Waals surface area contributed by atoms with E-state index in [0.29, 0.717) is 25.6 Å². The molecule has 2 atom stereocenters. The summed E-state index contributed by atoms with van der Waals surface area (Å²) in [6.07, 6.45) is 4.52. The van der Waals surface area contributed by atoms with Gasteiger partial charge in [-0.1, -0.05) is 20.8 Å². The Morgan fingerprint density at radius 1 is 1.24 bits per heavy atom. The molecule has 21 heavy (non-hydrogen) atoms. The van der Waals surface area contributed by atoms with Gasteiger partial charge in [0.1, 0.15) is 6.04 Å². The Hall–Kier alpha value is -1.10. The highest BCUT2D eigenvalue weighted by molar-refractivity contribution is 5.88. The Morgan fingerprint density at radius 3 is 2.62 bits per heavy atom. The number of likely N-dealkylation sites (tertiary alicyclic amines) is 1. The molecule has 0 radical (unpaired) electrons. The van der Waals surface area contributed by atoms with Gasteiger partial charge in [-0.15, -0.1) is 0 Å². The van der Waals surface area contributed by atoms with Crippen LogP contribution in [0, 0.1) is 5.41 Å². The molecule has 0 bridgehead atoms. The van der Waals surface area contributed by atoms with Crippen LogP contribution in [0.15, 0.2) is 0 Å². The van der Waals surface area contributed by atoms with Gasteiger partial charge < -0.3 is 15.5 Å². The number of hydrogen-bond donors (Lipinski definition) is 2. The molecule has 2 unspecified atom stereocenters. The number of hydrogen-bond acceptors (Lipinski definition) is 3. The van der Waals surface area contributed by atoms with E-state index in [9.17, 15) is 9.59 Å². The number of nitrogens with zero attached hydrogens (tertiary/aromatic N) is 1. The lowest BCUT2D eigenvalue weighted by Crippen LogP contribution is -2.49. The molecule has 2 aliphatic rings. The minimum absolute atomic E-state index is 0.0171. The molecule has 2 aliphatic heterocycles. The molecule has 0 aliphatic carbocycles. The molecule has 2 heterocycles. The topological polar surface area (TPSA) is 61.4 Å². The molecule has 0 saturated carbocycles. The van der Waals surface area contributed by atoms with Gasteiger partial charge in [-0.05, 0) is 37.6 Å². The van der Waals surface area contributed by atoms with Crippen molar-refractivity contribution in [2.45, 2.75) is 65.0 Å². The Morgan fingerprint density at radius 2 is 2.00 bits per heavy atom. The Bertz CT molecular complexity index is 383. The maximum Gasteiger partial charge on any atom is 0.242 e. The van der Waals surface area contributed by atoms with Crippen molar-refractivity contribution in [3.8, 4) is 0 Å². The van der Waals surface area contributed by atoms with E-state index in [1.54, 1.807) is 4.90 Å². The van der Waals surface area contributed by atoms with Crippen molar-refractivity contribution in [3.63, 3.8) is 0 Å². The van der Waals surface area contributed by atoms with Crippen LogP contribution < -0.4 is 10.6 Å². The molecule has 0 aromatic heterocycles. The van der Waals surface area contributed by atoms with E-state index in [1.807, 2.05) is 0 Å². The summed E-state index contributed by atoms with van der Waals surface area (Å²) >= 11 is 0.